The van der Waals surface area contributed by atoms with E-state index >= 15 is 0 Å². The van der Waals surface area contributed by atoms with Gasteiger partial charge in [-0.15, -0.1) is 0 Å². The van der Waals surface area contributed by atoms with Crippen LogP contribution in [0.25, 0.3) is 0 Å². The summed E-state index contributed by atoms with van der Waals surface area (Å²) in [6, 6.07) is -5.49. The second kappa shape index (κ2) is 30.8. The van der Waals surface area contributed by atoms with Crippen LogP contribution in [-0.4, -0.2) is 334 Å². The van der Waals surface area contributed by atoms with Gasteiger partial charge >= 0.3 is 17.9 Å². The lowest BCUT2D eigenvalue weighted by Gasteiger charge is -2.50. The van der Waals surface area contributed by atoms with E-state index < -0.39 is 239 Å². The molecule has 0 unspecified atom stereocenters. The molecule has 85 heavy (non-hydrogen) atoms. The molecule has 38 heteroatoms. The summed E-state index contributed by atoms with van der Waals surface area (Å²) in [4.78, 5) is 75.1. The third kappa shape index (κ3) is 16.2. The quantitative estimate of drug-likeness (QED) is 0.0377. The van der Waals surface area contributed by atoms with Gasteiger partial charge in [0, 0.05) is 27.4 Å². The molecule has 3 amide bonds. The summed E-state index contributed by atoms with van der Waals surface area (Å²) < 4.78 is 67.6. The minimum absolute atomic E-state index is 0.0357. The number of carbonyl (C=O) groups excluding carboxylic acids is 3. The highest BCUT2D eigenvalue weighted by atomic mass is 16.8. The molecule has 0 aliphatic carbocycles. The Kier molecular flexibility index (Phi) is 25.3. The van der Waals surface area contributed by atoms with Crippen molar-refractivity contribution >= 4 is 35.6 Å². The Labute approximate surface area is 481 Å². The lowest BCUT2D eigenvalue weighted by Crippen LogP contribution is -2.71. The van der Waals surface area contributed by atoms with Crippen LogP contribution in [0.5, 0.6) is 0 Å². The molecule has 6 heterocycles. The van der Waals surface area contributed by atoms with Crippen LogP contribution in [-0.2, 0) is 85.6 Å². The molecule has 0 aromatic rings. The molecule has 6 saturated heterocycles. The highest BCUT2D eigenvalue weighted by Crippen LogP contribution is 2.37. The maximum atomic E-state index is 12.9. The first kappa shape index (κ1) is 69.9. The van der Waals surface area contributed by atoms with Gasteiger partial charge in [0.2, 0.25) is 17.7 Å². The molecule has 0 aromatic heterocycles. The van der Waals surface area contributed by atoms with Gasteiger partial charge in [0.1, 0.15) is 128 Å². The van der Waals surface area contributed by atoms with E-state index in [1.165, 1.54) is 0 Å². The summed E-state index contributed by atoms with van der Waals surface area (Å²) in [6.45, 7) is -0.0207. The number of nitrogens with one attached hydrogen (secondary N) is 3. The fraction of sp³-hybridized carbons (Fsp3) is 0.872. The first-order valence-corrected chi connectivity index (χ1v) is 26.8. The van der Waals surface area contributed by atoms with E-state index in [4.69, 9.17) is 62.6 Å². The van der Waals surface area contributed by atoms with E-state index in [-0.39, 0.29) is 6.61 Å². The predicted molar refractivity (Wildman–Crippen MR) is 262 cm³/mol. The van der Waals surface area contributed by atoms with Crippen molar-refractivity contribution < 1.29 is 167 Å². The molecule has 0 saturated carbocycles. The van der Waals surface area contributed by atoms with Crippen LogP contribution in [0.15, 0.2) is 0 Å². The first-order valence-electron chi connectivity index (χ1n) is 26.8. The average Bonchev–Trinajstić information content (AvgIpc) is 2.15. The van der Waals surface area contributed by atoms with Gasteiger partial charge in [0.25, 0.3) is 0 Å². The lowest BCUT2D eigenvalue weighted by atomic mass is 9.93. The van der Waals surface area contributed by atoms with Gasteiger partial charge in [-0.3, -0.25) is 14.4 Å². The van der Waals surface area contributed by atoms with Crippen molar-refractivity contribution in [2.24, 2.45) is 5.73 Å². The molecular weight excluding hydrogens is 1160 g/mol. The van der Waals surface area contributed by atoms with E-state index in [0.29, 0.717) is 25.8 Å². The lowest BCUT2D eigenvalue weighted by molar-refractivity contribution is -0.379. The number of carboxylic acid groups (broad SMARTS) is 3. The number of unbranched alkanes of at least 4 members (excludes halogenated alkanes) is 2. The highest BCUT2D eigenvalue weighted by Gasteiger charge is 2.60. The van der Waals surface area contributed by atoms with E-state index in [0.717, 1.165) is 20.8 Å². The Morgan fingerprint density at radius 1 is 0.376 bits per heavy atom. The molecule has 6 fully saturated rings. The molecule has 6 aliphatic heterocycles. The molecular formula is C47H76N4O34. The number of rotatable bonds is 25. The maximum Gasteiger partial charge on any atom is 0.335 e. The average molecular weight is 1240 g/mol. The number of carboxylic acids is 3. The first-order chi connectivity index (χ1) is 40.1. The summed E-state index contributed by atoms with van der Waals surface area (Å²) in [7, 11) is 0. The molecule has 0 bridgehead atoms. The van der Waals surface area contributed by atoms with Gasteiger partial charge in [-0.2, -0.15) is 0 Å². The van der Waals surface area contributed by atoms with E-state index in [2.05, 4.69) is 16.0 Å². The number of nitrogens with two attached hydrogens (primary N) is 1. The number of amides is 3. The number of hydrogen-bond donors (Lipinski definition) is 20. The standard InChI is InChI=1S/C47H76N4O34/c1-12(55)49-18-22(59)21(58)15(9-52)75-42(18)80-34-26(63)29(66)46(84-37(34)40(70)71)78-32-17(11-54)77-44(20(24(32)61)51-14(3)57)82-35-27(64)30(67)47(85-38(35)41(72)73)79-31-16(10-53)76-43(19(23(31)60)50-13(2)56)81-33-25(62)28(65)45(83-36(33)39(68)69)74-8-6-4-5-7-48/h15-38,42-47,52-54,58-67H,4-11,48H2,1-3H3,(H,49,55)(H,50,56)(H,51,57)(H,68,69)(H,70,71)(H,72,73)/t15-,16-,17-,18-,19-,20-,21-,22-,23-,24-,25-,26-,27-,28-,29-,30-,31-,32-,33+,34+,35+,36-,37-,38-,42-,43-,44-,45-,46-,47-/m1/s1. The van der Waals surface area contributed by atoms with Crippen LogP contribution in [0.2, 0.25) is 0 Å². The van der Waals surface area contributed by atoms with Gasteiger partial charge in [-0.05, 0) is 25.8 Å². The molecule has 0 radical (unpaired) electrons. The third-order valence-electron chi connectivity index (χ3n) is 14.6. The van der Waals surface area contributed by atoms with E-state index in [9.17, 15) is 110 Å². The SMILES string of the molecule is CC(=O)N[C@H]1[C@@H](O[C@H]2[C@H](O)[C@@H](O)[C@H](OCCCCCN)O[C@H]2C(=O)O)O[C@H](CO)[C@@H](O[C@@H]2O[C@@H](C(=O)O)[C@@H](O[C@H]3O[C@H](CO)[C@@H](O[C@@H]4O[C@@H](C(=O)O)[C@@H](O[C@H]5O[C@H](CO)[C@@H](O)[C@H](O)[C@H]5NC(C)=O)[C@H](O)[C@H]4O)[C@H](O)[C@H]3NC(C)=O)[C@H](O)[C@H]2O)[C@@H]1O. The maximum absolute atomic E-state index is 12.9. The molecule has 38 nitrogen and oxygen atoms in total. The van der Waals surface area contributed by atoms with Gasteiger partial charge in [-0.1, -0.05) is 0 Å². The predicted octanol–water partition coefficient (Wildman–Crippen LogP) is -12.2. The summed E-state index contributed by atoms with van der Waals surface area (Å²) in [5, 5.41) is 180. The number of aliphatic carboxylic acids is 3. The van der Waals surface area contributed by atoms with Crippen LogP contribution >= 0.6 is 0 Å². The number of ether oxygens (including phenoxy) is 12. The van der Waals surface area contributed by atoms with Crippen LogP contribution in [0.4, 0.5) is 0 Å². The van der Waals surface area contributed by atoms with Crippen LogP contribution in [0, 0.1) is 0 Å². The Hall–Kier alpha value is -4.22. The zero-order chi connectivity index (χ0) is 63.0. The molecule has 30 atom stereocenters. The summed E-state index contributed by atoms with van der Waals surface area (Å²) >= 11 is 0. The Morgan fingerprint density at radius 3 is 1.02 bits per heavy atom. The van der Waals surface area contributed by atoms with Crippen molar-refractivity contribution in [1.29, 1.82) is 0 Å². The van der Waals surface area contributed by atoms with Gasteiger partial charge in [0.05, 0.1) is 19.8 Å². The monoisotopic (exact) mass is 1240 g/mol. The fourth-order valence-corrected chi connectivity index (χ4v) is 10.4. The second-order valence-electron chi connectivity index (χ2n) is 20.8. The Bertz CT molecular complexity index is 2230. The van der Waals surface area contributed by atoms with Crippen molar-refractivity contribution in [3.05, 3.63) is 0 Å². The summed E-state index contributed by atoms with van der Waals surface area (Å²) in [5.74, 6) is -8.28. The van der Waals surface area contributed by atoms with Crippen molar-refractivity contribution in [1.82, 2.24) is 16.0 Å². The van der Waals surface area contributed by atoms with Gasteiger partial charge in [0.15, 0.2) is 56.1 Å². The zero-order valence-corrected chi connectivity index (χ0v) is 45.6. The number of aliphatic hydroxyl groups excluding tert-OH is 13. The Morgan fingerprint density at radius 2 is 0.694 bits per heavy atom. The summed E-state index contributed by atoms with van der Waals surface area (Å²) in [6.07, 6.45) is -55.3. The Balaban J connectivity index is 1.17. The van der Waals surface area contributed by atoms with Crippen molar-refractivity contribution in [3.8, 4) is 0 Å². The molecule has 6 aliphatic rings. The third-order valence-corrected chi connectivity index (χ3v) is 14.6. The normalized spacial score (nSPS) is 44.2. The fourth-order valence-electron chi connectivity index (χ4n) is 10.4. The smallest absolute Gasteiger partial charge is 0.335 e. The van der Waals surface area contributed by atoms with Crippen LogP contribution in [0.1, 0.15) is 40.0 Å². The molecule has 0 aromatic carbocycles. The minimum Gasteiger partial charge on any atom is -0.479 e. The van der Waals surface area contributed by atoms with Crippen molar-refractivity contribution in [2.45, 2.75) is 224 Å². The number of hydrogen-bond acceptors (Lipinski definition) is 32. The molecule has 0 spiro atoms. The van der Waals surface area contributed by atoms with Crippen LogP contribution < -0.4 is 21.7 Å². The number of aliphatic hydroxyl groups is 13. The van der Waals surface area contributed by atoms with Crippen LogP contribution in [0.3, 0.4) is 0 Å². The van der Waals surface area contributed by atoms with E-state index in [1.54, 1.807) is 0 Å². The largest absolute Gasteiger partial charge is 0.479 e. The topological polar surface area (TPSA) is 599 Å². The van der Waals surface area contributed by atoms with Crippen molar-refractivity contribution in [2.75, 3.05) is 33.0 Å². The molecule has 488 valence electrons. The summed E-state index contributed by atoms with van der Waals surface area (Å²) in [5.41, 5.74) is 5.49. The van der Waals surface area contributed by atoms with Gasteiger partial charge < -0.3 is 160 Å². The highest BCUT2D eigenvalue weighted by molar-refractivity contribution is 5.75. The number of carbonyl (C=O) groups is 6. The second-order valence-corrected chi connectivity index (χ2v) is 20.8. The van der Waals surface area contributed by atoms with E-state index in [1.807, 2.05) is 0 Å². The molecule has 21 N–H and O–H groups in total. The molecule has 6 rings (SSSR count). The minimum atomic E-state index is -2.46. The van der Waals surface area contributed by atoms with Crippen molar-refractivity contribution in [3.63, 3.8) is 0 Å². The zero-order valence-electron chi connectivity index (χ0n) is 45.6. The van der Waals surface area contributed by atoms with Gasteiger partial charge in [-0.25, -0.2) is 14.4 Å².